The van der Waals surface area contributed by atoms with E-state index in [1.165, 1.54) is 16.2 Å². The molecule has 1 heterocycles. The standard InChI is InChI=1S/C15H15ClO2S2/c1-2-12-7-8-15(19-12)14(17)10-20(18)9-11-5-3-4-6-13(11)16/h3-8H,2,9-10H2,1H3. The number of hydrogen-bond donors (Lipinski definition) is 0. The summed E-state index contributed by atoms with van der Waals surface area (Å²) in [5.41, 5.74) is 0.820. The van der Waals surface area contributed by atoms with Crippen molar-refractivity contribution in [1.82, 2.24) is 0 Å². The molecular weight excluding hydrogens is 312 g/mol. The van der Waals surface area contributed by atoms with E-state index in [9.17, 15) is 9.00 Å². The number of carbonyl (C=O) groups excluding carboxylic acids is 1. The molecule has 0 N–H and O–H groups in total. The van der Waals surface area contributed by atoms with Gasteiger partial charge in [-0.25, -0.2) is 0 Å². The quantitative estimate of drug-likeness (QED) is 0.749. The lowest BCUT2D eigenvalue weighted by molar-refractivity contribution is 0.102. The Labute approximate surface area is 130 Å². The van der Waals surface area contributed by atoms with Gasteiger partial charge in [0.05, 0.1) is 16.4 Å². The summed E-state index contributed by atoms with van der Waals surface area (Å²) >= 11 is 7.51. The van der Waals surface area contributed by atoms with Gasteiger partial charge in [-0.15, -0.1) is 11.3 Å². The molecule has 106 valence electrons. The van der Waals surface area contributed by atoms with Gasteiger partial charge in [0.1, 0.15) is 0 Å². The second-order valence-corrected chi connectivity index (χ2v) is 7.40. The third-order valence-corrected chi connectivity index (χ3v) is 5.71. The first kappa shape index (κ1) is 15.4. The van der Waals surface area contributed by atoms with Crippen LogP contribution in [0.1, 0.15) is 27.0 Å². The van der Waals surface area contributed by atoms with Crippen LogP contribution in [0.5, 0.6) is 0 Å². The first-order valence-electron chi connectivity index (χ1n) is 6.30. The van der Waals surface area contributed by atoms with Crippen LogP contribution in [0.3, 0.4) is 0 Å². The van der Waals surface area contributed by atoms with E-state index in [0.29, 0.717) is 15.7 Å². The van der Waals surface area contributed by atoms with E-state index >= 15 is 0 Å². The summed E-state index contributed by atoms with van der Waals surface area (Å²) in [5.74, 6) is 0.312. The predicted molar refractivity (Wildman–Crippen MR) is 86.2 cm³/mol. The van der Waals surface area contributed by atoms with Crippen molar-refractivity contribution in [2.24, 2.45) is 0 Å². The summed E-state index contributed by atoms with van der Waals surface area (Å²) in [5, 5.41) is 0.595. The van der Waals surface area contributed by atoms with Crippen LogP contribution in [0.25, 0.3) is 0 Å². The molecule has 2 aromatic rings. The number of hydrogen-bond acceptors (Lipinski definition) is 3. The number of halogens is 1. The molecule has 2 rings (SSSR count). The number of thiophene rings is 1. The lowest BCUT2D eigenvalue weighted by Crippen LogP contribution is -2.11. The van der Waals surface area contributed by atoms with E-state index in [2.05, 4.69) is 6.92 Å². The Morgan fingerprint density at radius 2 is 2.00 bits per heavy atom. The Balaban J connectivity index is 1.98. The van der Waals surface area contributed by atoms with Crippen LogP contribution in [0.4, 0.5) is 0 Å². The number of rotatable bonds is 6. The van der Waals surface area contributed by atoms with E-state index in [4.69, 9.17) is 11.6 Å². The van der Waals surface area contributed by atoms with Gasteiger partial charge in [-0.05, 0) is 30.2 Å². The highest BCUT2D eigenvalue weighted by atomic mass is 35.5. The van der Waals surface area contributed by atoms with Crippen LogP contribution in [0, 0.1) is 0 Å². The van der Waals surface area contributed by atoms with Gasteiger partial charge in [0.25, 0.3) is 0 Å². The predicted octanol–water partition coefficient (Wildman–Crippen LogP) is 4.10. The van der Waals surface area contributed by atoms with E-state index in [1.807, 2.05) is 30.3 Å². The van der Waals surface area contributed by atoms with Gasteiger partial charge >= 0.3 is 0 Å². The van der Waals surface area contributed by atoms with Gasteiger partial charge in [-0.3, -0.25) is 9.00 Å². The summed E-state index contributed by atoms with van der Waals surface area (Å²) in [6.07, 6.45) is 0.917. The van der Waals surface area contributed by atoms with Crippen LogP contribution in [-0.2, 0) is 23.0 Å². The maximum Gasteiger partial charge on any atom is 0.185 e. The summed E-state index contributed by atoms with van der Waals surface area (Å²) in [6, 6.07) is 11.1. The van der Waals surface area contributed by atoms with Crippen molar-refractivity contribution in [3.05, 3.63) is 56.7 Å². The van der Waals surface area contributed by atoms with E-state index in [-0.39, 0.29) is 11.5 Å². The zero-order valence-corrected chi connectivity index (χ0v) is 13.5. The smallest absolute Gasteiger partial charge is 0.185 e. The third kappa shape index (κ3) is 4.01. The Bertz CT molecular complexity index is 634. The van der Waals surface area contributed by atoms with E-state index in [0.717, 1.165) is 12.0 Å². The molecular formula is C15H15ClO2S2. The third-order valence-electron chi connectivity index (χ3n) is 2.85. The number of carbonyl (C=O) groups is 1. The second-order valence-electron chi connectivity index (χ2n) is 4.36. The van der Waals surface area contributed by atoms with Crippen molar-refractivity contribution in [1.29, 1.82) is 0 Å². The van der Waals surface area contributed by atoms with Crippen LogP contribution >= 0.6 is 22.9 Å². The number of ketones is 1. The van der Waals surface area contributed by atoms with Crippen molar-refractivity contribution < 1.29 is 9.00 Å². The van der Waals surface area contributed by atoms with Crippen LogP contribution < -0.4 is 0 Å². The van der Waals surface area contributed by atoms with Crippen molar-refractivity contribution >= 4 is 39.5 Å². The lowest BCUT2D eigenvalue weighted by atomic mass is 10.2. The van der Waals surface area contributed by atoms with Gasteiger partial charge < -0.3 is 0 Å². The Kier molecular flexibility index (Phi) is 5.52. The van der Waals surface area contributed by atoms with Crippen LogP contribution in [0.15, 0.2) is 36.4 Å². The fourth-order valence-electron chi connectivity index (χ4n) is 1.78. The average molecular weight is 327 g/mol. The zero-order valence-electron chi connectivity index (χ0n) is 11.1. The van der Waals surface area contributed by atoms with Gasteiger partial charge in [0.15, 0.2) is 5.78 Å². The molecule has 0 saturated carbocycles. The molecule has 0 fully saturated rings. The van der Waals surface area contributed by atoms with Crippen molar-refractivity contribution in [3.63, 3.8) is 0 Å². The highest BCUT2D eigenvalue weighted by Gasteiger charge is 2.14. The molecule has 0 bridgehead atoms. The fraction of sp³-hybridized carbons (Fsp3) is 0.267. The van der Waals surface area contributed by atoms with Gasteiger partial charge in [-0.2, -0.15) is 0 Å². The van der Waals surface area contributed by atoms with Gasteiger partial charge in [-0.1, -0.05) is 36.7 Å². The highest BCUT2D eigenvalue weighted by Crippen LogP contribution is 2.19. The summed E-state index contributed by atoms with van der Waals surface area (Å²) < 4.78 is 12.1. The topological polar surface area (TPSA) is 34.1 Å². The van der Waals surface area contributed by atoms with Crippen LogP contribution in [-0.4, -0.2) is 15.7 Å². The minimum Gasteiger partial charge on any atom is -0.292 e. The summed E-state index contributed by atoms with van der Waals surface area (Å²) in [7, 11) is -1.23. The molecule has 1 aromatic heterocycles. The second kappa shape index (κ2) is 7.16. The van der Waals surface area contributed by atoms with Crippen molar-refractivity contribution in [2.45, 2.75) is 19.1 Å². The molecule has 0 aliphatic heterocycles. The highest BCUT2D eigenvalue weighted by molar-refractivity contribution is 7.85. The SMILES string of the molecule is CCc1ccc(C(=O)CS(=O)Cc2ccccc2Cl)s1. The molecule has 0 aliphatic carbocycles. The van der Waals surface area contributed by atoms with Gasteiger partial charge in [0.2, 0.25) is 0 Å². The Hall–Kier alpha value is -0.970. The van der Waals surface area contributed by atoms with E-state index < -0.39 is 10.8 Å². The summed E-state index contributed by atoms with van der Waals surface area (Å²) in [4.78, 5) is 13.9. The fourth-order valence-corrected chi connectivity index (χ4v) is 4.18. The molecule has 0 radical (unpaired) electrons. The molecule has 1 unspecified atom stereocenters. The Morgan fingerprint density at radius 3 is 2.65 bits per heavy atom. The zero-order chi connectivity index (χ0) is 14.5. The van der Waals surface area contributed by atoms with Gasteiger partial charge in [0, 0.05) is 20.7 Å². The molecule has 0 aliphatic rings. The minimum absolute atomic E-state index is 0.0505. The lowest BCUT2D eigenvalue weighted by Gasteiger charge is -2.03. The maximum atomic E-state index is 12.1. The number of benzene rings is 1. The minimum atomic E-state index is -1.23. The first-order valence-corrected chi connectivity index (χ1v) is 8.98. The molecule has 1 atom stereocenters. The maximum absolute atomic E-state index is 12.1. The normalized spacial score (nSPS) is 12.3. The van der Waals surface area contributed by atoms with Crippen molar-refractivity contribution in [2.75, 3.05) is 5.75 Å². The Morgan fingerprint density at radius 1 is 1.25 bits per heavy atom. The first-order chi connectivity index (χ1) is 9.60. The van der Waals surface area contributed by atoms with Crippen LogP contribution in [0.2, 0.25) is 5.02 Å². The number of Topliss-reactive ketones (excluding diaryl/α,β-unsaturated/α-hetero) is 1. The molecule has 5 heteroatoms. The summed E-state index contributed by atoms with van der Waals surface area (Å²) in [6.45, 7) is 2.05. The largest absolute Gasteiger partial charge is 0.292 e. The average Bonchev–Trinajstić information content (AvgIpc) is 2.90. The molecule has 0 spiro atoms. The molecule has 2 nitrogen and oxygen atoms in total. The molecule has 0 saturated heterocycles. The van der Waals surface area contributed by atoms with Crippen molar-refractivity contribution in [3.8, 4) is 0 Å². The number of aryl methyl sites for hydroxylation is 1. The van der Waals surface area contributed by atoms with E-state index in [1.54, 1.807) is 6.07 Å². The molecule has 20 heavy (non-hydrogen) atoms. The molecule has 1 aromatic carbocycles. The molecule has 0 amide bonds. The monoisotopic (exact) mass is 326 g/mol.